The molecule has 28 heavy (non-hydrogen) atoms. The molecule has 142 valence electrons. The molecule has 0 aliphatic rings. The highest BCUT2D eigenvalue weighted by atomic mass is 16.6. The summed E-state index contributed by atoms with van der Waals surface area (Å²) in [6.45, 7) is 3.77. The lowest BCUT2D eigenvalue weighted by Crippen LogP contribution is -2.42. The zero-order valence-corrected chi connectivity index (χ0v) is 15.6. The predicted molar refractivity (Wildman–Crippen MR) is 107 cm³/mol. The lowest BCUT2D eigenvalue weighted by atomic mass is 9.91. The van der Waals surface area contributed by atoms with Gasteiger partial charge in [-0.15, -0.1) is 0 Å². The average Bonchev–Trinajstić information content (AvgIpc) is 2.69. The van der Waals surface area contributed by atoms with Crippen LogP contribution in [0, 0.1) is 10.1 Å². The van der Waals surface area contributed by atoms with E-state index in [4.69, 9.17) is 4.74 Å². The van der Waals surface area contributed by atoms with Crippen LogP contribution in [0.2, 0.25) is 0 Å². The van der Waals surface area contributed by atoms with Crippen molar-refractivity contribution in [3.05, 3.63) is 94.5 Å². The Labute approximate surface area is 162 Å². The van der Waals surface area contributed by atoms with Crippen LogP contribution in [-0.4, -0.2) is 11.0 Å². The van der Waals surface area contributed by atoms with Gasteiger partial charge in [-0.3, -0.25) is 10.1 Å². The van der Waals surface area contributed by atoms with Gasteiger partial charge in [0.25, 0.3) is 5.69 Å². The highest BCUT2D eigenvalue weighted by Crippen LogP contribution is 2.26. The number of hydrogen-bond acceptors (Lipinski definition) is 4. The van der Waals surface area contributed by atoms with Gasteiger partial charge in [-0.2, -0.15) is 0 Å². The summed E-state index contributed by atoms with van der Waals surface area (Å²) < 4.78 is 5.25. The van der Waals surface area contributed by atoms with Gasteiger partial charge < -0.3 is 10.1 Å². The van der Waals surface area contributed by atoms with Gasteiger partial charge in [0.05, 0.1) is 10.5 Å². The van der Waals surface area contributed by atoms with Gasteiger partial charge in [0.2, 0.25) is 0 Å². The number of nitrogens with zero attached hydrogens (tertiary/aromatic N) is 1. The average molecular weight is 376 g/mol. The molecular formula is C22H20N2O4. The minimum absolute atomic E-state index is 0.0641. The second kappa shape index (κ2) is 7.92. The van der Waals surface area contributed by atoms with Gasteiger partial charge in [0.15, 0.2) is 0 Å². The molecule has 0 aromatic heterocycles. The smallest absolute Gasteiger partial charge is 0.410 e. The van der Waals surface area contributed by atoms with E-state index in [2.05, 4.69) is 5.32 Å². The van der Waals surface area contributed by atoms with Crippen LogP contribution in [0.4, 0.5) is 10.5 Å². The van der Waals surface area contributed by atoms with Crippen LogP contribution in [0.5, 0.6) is 5.75 Å². The predicted octanol–water partition coefficient (Wildman–Crippen LogP) is 5.29. The second-order valence-corrected chi connectivity index (χ2v) is 6.84. The Morgan fingerprint density at radius 1 is 0.929 bits per heavy atom. The van der Waals surface area contributed by atoms with Gasteiger partial charge in [-0.1, -0.05) is 48.5 Å². The fraction of sp³-hybridized carbons (Fsp3) is 0.136. The molecule has 3 aromatic rings. The van der Waals surface area contributed by atoms with Crippen molar-refractivity contribution in [2.24, 2.45) is 0 Å². The molecule has 0 radical (unpaired) electrons. The number of carbonyl (C=O) groups excluding carboxylic acids is 1. The van der Waals surface area contributed by atoms with Gasteiger partial charge in [-0.25, -0.2) is 4.79 Å². The van der Waals surface area contributed by atoms with Crippen molar-refractivity contribution in [3.8, 4) is 16.9 Å². The molecule has 0 saturated carbocycles. The highest BCUT2D eigenvalue weighted by molar-refractivity contribution is 5.72. The van der Waals surface area contributed by atoms with Crippen molar-refractivity contribution in [2.45, 2.75) is 19.4 Å². The molecule has 3 rings (SSSR count). The lowest BCUT2D eigenvalue weighted by molar-refractivity contribution is -0.384. The fourth-order valence-corrected chi connectivity index (χ4v) is 2.81. The zero-order valence-electron chi connectivity index (χ0n) is 15.6. The Morgan fingerprint density at radius 2 is 1.57 bits per heavy atom. The number of ether oxygens (including phenoxy) is 1. The van der Waals surface area contributed by atoms with Crippen molar-refractivity contribution in [2.75, 3.05) is 0 Å². The summed E-state index contributed by atoms with van der Waals surface area (Å²) in [5, 5.41) is 13.5. The molecule has 0 heterocycles. The SMILES string of the molecule is CC(C)(NC(=O)Oc1ccc([N+](=O)[O-])cc1)c1cccc(-c2ccccc2)c1. The molecule has 0 fully saturated rings. The van der Waals surface area contributed by atoms with E-state index in [0.717, 1.165) is 16.7 Å². The van der Waals surface area contributed by atoms with E-state index in [1.807, 2.05) is 68.4 Å². The number of benzene rings is 3. The van der Waals surface area contributed by atoms with Crippen molar-refractivity contribution < 1.29 is 14.5 Å². The molecule has 0 aliphatic heterocycles. The van der Waals surface area contributed by atoms with Crippen LogP contribution in [0.15, 0.2) is 78.9 Å². The van der Waals surface area contributed by atoms with Crippen LogP contribution >= 0.6 is 0 Å². The summed E-state index contributed by atoms with van der Waals surface area (Å²) in [6.07, 6.45) is -0.635. The van der Waals surface area contributed by atoms with Gasteiger partial charge in [0, 0.05) is 12.1 Å². The first kappa shape index (κ1) is 19.1. The standard InChI is InChI=1S/C22H20N2O4/c1-22(2,18-10-6-9-17(15-18)16-7-4-3-5-8-16)23-21(25)28-20-13-11-19(12-14-20)24(26)27/h3-15H,1-2H3,(H,23,25). The number of non-ortho nitro benzene ring substituents is 1. The third kappa shape index (κ3) is 4.54. The highest BCUT2D eigenvalue weighted by Gasteiger charge is 2.24. The first-order valence-corrected chi connectivity index (χ1v) is 8.75. The molecule has 1 amide bonds. The summed E-state index contributed by atoms with van der Waals surface area (Å²) in [5.41, 5.74) is 2.33. The number of nitro benzene ring substituents is 1. The third-order valence-corrected chi connectivity index (χ3v) is 4.36. The molecule has 0 saturated heterocycles. The molecule has 0 unspecified atom stereocenters. The maximum Gasteiger partial charge on any atom is 0.413 e. The molecule has 6 nitrogen and oxygen atoms in total. The number of nitro groups is 1. The van der Waals surface area contributed by atoms with Gasteiger partial charge >= 0.3 is 6.09 Å². The first-order chi connectivity index (χ1) is 13.3. The van der Waals surface area contributed by atoms with Crippen LogP contribution in [0.3, 0.4) is 0 Å². The Bertz CT molecular complexity index is 983. The van der Waals surface area contributed by atoms with E-state index in [-0.39, 0.29) is 11.4 Å². The minimum atomic E-state index is -0.678. The first-order valence-electron chi connectivity index (χ1n) is 8.75. The molecule has 0 aliphatic carbocycles. The molecule has 6 heteroatoms. The van der Waals surface area contributed by atoms with E-state index < -0.39 is 16.6 Å². The van der Waals surface area contributed by atoms with E-state index >= 15 is 0 Å². The number of nitrogens with one attached hydrogen (secondary N) is 1. The third-order valence-electron chi connectivity index (χ3n) is 4.36. The normalized spacial score (nSPS) is 10.9. The van der Waals surface area contributed by atoms with E-state index in [9.17, 15) is 14.9 Å². The van der Waals surface area contributed by atoms with Crippen LogP contribution in [0.1, 0.15) is 19.4 Å². The van der Waals surface area contributed by atoms with Crippen LogP contribution in [-0.2, 0) is 5.54 Å². The fourth-order valence-electron chi connectivity index (χ4n) is 2.81. The maximum atomic E-state index is 12.3. The number of amides is 1. The van der Waals surface area contributed by atoms with Crippen LogP contribution in [0.25, 0.3) is 11.1 Å². The van der Waals surface area contributed by atoms with Crippen LogP contribution < -0.4 is 10.1 Å². The number of rotatable bonds is 5. The number of hydrogen-bond donors (Lipinski definition) is 1. The zero-order chi connectivity index (χ0) is 20.1. The number of carbonyl (C=O) groups is 1. The molecule has 0 bridgehead atoms. The second-order valence-electron chi connectivity index (χ2n) is 6.84. The topological polar surface area (TPSA) is 81.5 Å². The summed E-state index contributed by atoms with van der Waals surface area (Å²) in [6, 6.07) is 23.3. The van der Waals surface area contributed by atoms with E-state index in [1.165, 1.54) is 24.3 Å². The summed E-state index contributed by atoms with van der Waals surface area (Å²) >= 11 is 0. The Hall–Kier alpha value is -3.67. The maximum absolute atomic E-state index is 12.3. The molecule has 0 atom stereocenters. The summed E-state index contributed by atoms with van der Waals surface area (Å²) in [5.74, 6) is 0.233. The summed E-state index contributed by atoms with van der Waals surface area (Å²) in [7, 11) is 0. The van der Waals surface area contributed by atoms with Crippen molar-refractivity contribution >= 4 is 11.8 Å². The largest absolute Gasteiger partial charge is 0.413 e. The van der Waals surface area contributed by atoms with Crippen molar-refractivity contribution in [1.29, 1.82) is 0 Å². The van der Waals surface area contributed by atoms with Gasteiger partial charge in [-0.05, 0) is 48.7 Å². The quantitative estimate of drug-likeness (QED) is 0.485. The lowest BCUT2D eigenvalue weighted by Gasteiger charge is -2.27. The Kier molecular flexibility index (Phi) is 5.40. The molecular weight excluding hydrogens is 356 g/mol. The summed E-state index contributed by atoms with van der Waals surface area (Å²) in [4.78, 5) is 22.5. The Morgan fingerprint density at radius 3 is 2.21 bits per heavy atom. The molecule has 1 N–H and O–H groups in total. The van der Waals surface area contributed by atoms with E-state index in [0.29, 0.717) is 0 Å². The van der Waals surface area contributed by atoms with Crippen molar-refractivity contribution in [3.63, 3.8) is 0 Å². The monoisotopic (exact) mass is 376 g/mol. The van der Waals surface area contributed by atoms with E-state index in [1.54, 1.807) is 0 Å². The Balaban J connectivity index is 1.72. The molecule has 3 aromatic carbocycles. The van der Waals surface area contributed by atoms with Crippen molar-refractivity contribution in [1.82, 2.24) is 5.32 Å². The molecule has 0 spiro atoms. The van der Waals surface area contributed by atoms with Gasteiger partial charge in [0.1, 0.15) is 5.75 Å². The minimum Gasteiger partial charge on any atom is -0.410 e.